The predicted molar refractivity (Wildman–Crippen MR) is 88.3 cm³/mol. The zero-order valence-corrected chi connectivity index (χ0v) is 14.0. The summed E-state index contributed by atoms with van der Waals surface area (Å²) in [7, 11) is 0. The molecule has 0 spiro atoms. The van der Waals surface area contributed by atoms with E-state index in [0.29, 0.717) is 5.69 Å². The third kappa shape index (κ3) is 3.67. The first kappa shape index (κ1) is 17.9. The van der Waals surface area contributed by atoms with Crippen LogP contribution in [0.15, 0.2) is 42.7 Å². The number of alkyl halides is 3. The van der Waals surface area contributed by atoms with Crippen LogP contribution in [0.25, 0.3) is 5.69 Å². The molecule has 0 aliphatic heterocycles. The fourth-order valence-electron chi connectivity index (χ4n) is 2.37. The topological polar surface area (TPSA) is 72.7 Å². The third-order valence-corrected chi connectivity index (χ3v) is 3.83. The second-order valence-corrected chi connectivity index (χ2v) is 5.83. The number of aryl methyl sites for hydroxylation is 1. The second kappa shape index (κ2) is 6.75. The van der Waals surface area contributed by atoms with Gasteiger partial charge in [0.25, 0.3) is 5.91 Å². The Morgan fingerprint density at radius 2 is 1.96 bits per heavy atom. The summed E-state index contributed by atoms with van der Waals surface area (Å²) in [6.45, 7) is 1.35. The number of amides is 1. The van der Waals surface area contributed by atoms with Crippen LogP contribution in [-0.2, 0) is 6.18 Å². The lowest BCUT2D eigenvalue weighted by Gasteiger charge is -2.14. The number of carbonyl (C=O) groups excluding carboxylic acids is 1. The van der Waals surface area contributed by atoms with Crippen LogP contribution in [0.4, 0.5) is 18.9 Å². The maximum atomic E-state index is 13.0. The van der Waals surface area contributed by atoms with Crippen LogP contribution < -0.4 is 5.32 Å². The van der Waals surface area contributed by atoms with Crippen molar-refractivity contribution < 1.29 is 18.0 Å². The number of halogens is 4. The standard InChI is InChI=1S/C16H11ClF3N5O/c1-9-2-4-11(7-13(9)16(18,19)20)22-15(26)12-6-10(17)3-5-14(12)25-8-21-23-24-25/h2-8H,1H3,(H,22,26). The molecule has 0 saturated carbocycles. The van der Waals surface area contributed by atoms with Gasteiger partial charge in [0.15, 0.2) is 0 Å². The summed E-state index contributed by atoms with van der Waals surface area (Å²) in [5.74, 6) is -0.644. The Balaban J connectivity index is 1.96. The van der Waals surface area contributed by atoms with E-state index < -0.39 is 17.6 Å². The Hall–Kier alpha value is -2.94. The lowest BCUT2D eigenvalue weighted by molar-refractivity contribution is -0.138. The van der Waals surface area contributed by atoms with Crippen molar-refractivity contribution in [2.75, 3.05) is 5.32 Å². The Morgan fingerprint density at radius 3 is 2.62 bits per heavy atom. The largest absolute Gasteiger partial charge is 0.416 e. The number of benzene rings is 2. The number of carbonyl (C=O) groups is 1. The zero-order valence-electron chi connectivity index (χ0n) is 13.3. The number of nitrogens with zero attached hydrogens (tertiary/aromatic N) is 4. The minimum atomic E-state index is -4.52. The van der Waals surface area contributed by atoms with E-state index in [1.54, 1.807) is 6.07 Å². The van der Waals surface area contributed by atoms with Gasteiger partial charge in [-0.15, -0.1) is 5.10 Å². The second-order valence-electron chi connectivity index (χ2n) is 5.40. The molecule has 1 aromatic heterocycles. The average Bonchev–Trinajstić information content (AvgIpc) is 3.09. The quantitative estimate of drug-likeness (QED) is 0.747. The van der Waals surface area contributed by atoms with E-state index >= 15 is 0 Å². The van der Waals surface area contributed by atoms with Crippen molar-refractivity contribution in [2.45, 2.75) is 13.1 Å². The number of tetrazole rings is 1. The summed E-state index contributed by atoms with van der Waals surface area (Å²) >= 11 is 5.94. The van der Waals surface area contributed by atoms with E-state index in [1.807, 2.05) is 0 Å². The Labute approximate surface area is 150 Å². The molecule has 26 heavy (non-hydrogen) atoms. The highest BCUT2D eigenvalue weighted by atomic mass is 35.5. The highest BCUT2D eigenvalue weighted by Gasteiger charge is 2.32. The van der Waals surface area contributed by atoms with Gasteiger partial charge in [-0.05, 0) is 53.2 Å². The van der Waals surface area contributed by atoms with Crippen molar-refractivity contribution in [2.24, 2.45) is 0 Å². The van der Waals surface area contributed by atoms with Gasteiger partial charge in [-0.2, -0.15) is 17.9 Å². The van der Waals surface area contributed by atoms with Gasteiger partial charge < -0.3 is 5.32 Å². The number of hydrogen-bond acceptors (Lipinski definition) is 4. The van der Waals surface area contributed by atoms with E-state index in [4.69, 9.17) is 11.6 Å². The molecule has 1 amide bonds. The molecule has 3 aromatic rings. The van der Waals surface area contributed by atoms with Crippen LogP contribution in [-0.4, -0.2) is 26.1 Å². The summed E-state index contributed by atoms with van der Waals surface area (Å²) in [5, 5.41) is 13.4. The van der Waals surface area contributed by atoms with E-state index in [9.17, 15) is 18.0 Å². The Bertz CT molecular complexity index is 957. The molecule has 1 heterocycles. The van der Waals surface area contributed by atoms with Gasteiger partial charge in [-0.3, -0.25) is 4.79 Å². The lowest BCUT2D eigenvalue weighted by atomic mass is 10.1. The monoisotopic (exact) mass is 381 g/mol. The van der Waals surface area contributed by atoms with Crippen molar-refractivity contribution in [3.8, 4) is 5.69 Å². The van der Waals surface area contributed by atoms with Gasteiger partial charge >= 0.3 is 6.18 Å². The van der Waals surface area contributed by atoms with Gasteiger partial charge in [0.1, 0.15) is 6.33 Å². The van der Waals surface area contributed by atoms with Crippen LogP contribution in [0.5, 0.6) is 0 Å². The molecule has 3 rings (SSSR count). The molecular formula is C16H11ClF3N5O. The molecular weight excluding hydrogens is 371 g/mol. The molecule has 10 heteroatoms. The maximum absolute atomic E-state index is 13.0. The summed E-state index contributed by atoms with van der Waals surface area (Å²) in [5.41, 5.74) is -0.302. The Kier molecular flexibility index (Phi) is 4.64. The fourth-order valence-corrected chi connectivity index (χ4v) is 2.54. The van der Waals surface area contributed by atoms with Crippen molar-refractivity contribution in [3.05, 3.63) is 64.4 Å². The molecule has 0 radical (unpaired) electrons. The number of nitrogens with one attached hydrogen (secondary N) is 1. The van der Waals surface area contributed by atoms with Crippen LogP contribution in [0.2, 0.25) is 5.02 Å². The zero-order chi connectivity index (χ0) is 18.9. The third-order valence-electron chi connectivity index (χ3n) is 3.60. The Morgan fingerprint density at radius 1 is 1.19 bits per heavy atom. The first-order valence-electron chi connectivity index (χ1n) is 7.28. The summed E-state index contributed by atoms with van der Waals surface area (Å²) in [6.07, 6.45) is -3.23. The number of anilines is 1. The molecule has 0 aliphatic carbocycles. The number of hydrogen-bond donors (Lipinski definition) is 1. The minimum absolute atomic E-state index is 0.00978. The van der Waals surface area contributed by atoms with Crippen LogP contribution in [0, 0.1) is 6.92 Å². The molecule has 0 aliphatic rings. The first-order chi connectivity index (χ1) is 12.3. The van der Waals surface area contributed by atoms with Gasteiger partial charge in [0, 0.05) is 10.7 Å². The summed E-state index contributed by atoms with van der Waals surface area (Å²) < 4.78 is 40.4. The average molecular weight is 382 g/mol. The summed E-state index contributed by atoms with van der Waals surface area (Å²) in [6, 6.07) is 8.02. The highest BCUT2D eigenvalue weighted by molar-refractivity contribution is 6.31. The van der Waals surface area contributed by atoms with Crippen molar-refractivity contribution in [1.82, 2.24) is 20.2 Å². The molecule has 134 valence electrons. The molecule has 0 atom stereocenters. The summed E-state index contributed by atoms with van der Waals surface area (Å²) in [4.78, 5) is 12.6. The first-order valence-corrected chi connectivity index (χ1v) is 7.65. The molecule has 0 fully saturated rings. The predicted octanol–water partition coefficient (Wildman–Crippen LogP) is 3.90. The maximum Gasteiger partial charge on any atom is 0.416 e. The normalized spacial score (nSPS) is 11.4. The van der Waals surface area contributed by atoms with E-state index in [-0.39, 0.29) is 21.8 Å². The van der Waals surface area contributed by atoms with Gasteiger partial charge in [-0.25, -0.2) is 0 Å². The highest BCUT2D eigenvalue weighted by Crippen LogP contribution is 2.33. The molecule has 0 bridgehead atoms. The number of aromatic nitrogens is 4. The van der Waals surface area contributed by atoms with Crippen LogP contribution >= 0.6 is 11.6 Å². The van der Waals surface area contributed by atoms with Gasteiger partial charge in [-0.1, -0.05) is 17.7 Å². The van der Waals surface area contributed by atoms with E-state index in [2.05, 4.69) is 20.8 Å². The van der Waals surface area contributed by atoms with Crippen molar-refractivity contribution >= 4 is 23.2 Å². The fraction of sp³-hybridized carbons (Fsp3) is 0.125. The molecule has 1 N–H and O–H groups in total. The van der Waals surface area contributed by atoms with Gasteiger partial charge in [0.05, 0.1) is 16.8 Å². The smallest absolute Gasteiger partial charge is 0.322 e. The lowest BCUT2D eigenvalue weighted by Crippen LogP contribution is -2.16. The van der Waals surface area contributed by atoms with Crippen molar-refractivity contribution in [3.63, 3.8) is 0 Å². The van der Waals surface area contributed by atoms with Crippen LogP contribution in [0.1, 0.15) is 21.5 Å². The molecule has 6 nitrogen and oxygen atoms in total. The molecule has 0 saturated heterocycles. The number of rotatable bonds is 3. The van der Waals surface area contributed by atoms with Crippen LogP contribution in [0.3, 0.4) is 0 Å². The molecule has 0 unspecified atom stereocenters. The molecule has 2 aromatic carbocycles. The minimum Gasteiger partial charge on any atom is -0.322 e. The SMILES string of the molecule is Cc1ccc(NC(=O)c2cc(Cl)ccc2-n2cnnn2)cc1C(F)(F)F. The van der Waals surface area contributed by atoms with Gasteiger partial charge in [0.2, 0.25) is 0 Å². The van der Waals surface area contributed by atoms with Crippen molar-refractivity contribution in [1.29, 1.82) is 0 Å². The van der Waals surface area contributed by atoms with E-state index in [0.717, 1.165) is 6.07 Å². The van der Waals surface area contributed by atoms with E-state index in [1.165, 1.54) is 42.2 Å².